The van der Waals surface area contributed by atoms with Gasteiger partial charge in [-0.05, 0) is 18.6 Å². The molecule has 2 aromatic heterocycles. The van der Waals surface area contributed by atoms with Crippen molar-refractivity contribution in [1.82, 2.24) is 20.0 Å². The topological polar surface area (TPSA) is 56.7 Å². The highest BCUT2D eigenvalue weighted by Crippen LogP contribution is 2.28. The van der Waals surface area contributed by atoms with Gasteiger partial charge in [0.1, 0.15) is 0 Å². The molecule has 0 saturated carbocycles. The molecule has 0 aliphatic carbocycles. The van der Waals surface area contributed by atoms with Crippen LogP contribution in [-0.2, 0) is 12.8 Å². The minimum absolute atomic E-state index is 0.488. The lowest BCUT2D eigenvalue weighted by Gasteiger charge is -2.00. The van der Waals surface area contributed by atoms with Crippen molar-refractivity contribution in [2.45, 2.75) is 17.9 Å². The maximum atomic E-state index is 6.12. The first kappa shape index (κ1) is 14.2. The molecule has 3 aromatic rings. The van der Waals surface area contributed by atoms with Crippen molar-refractivity contribution in [3.8, 4) is 11.5 Å². The fourth-order valence-corrected chi connectivity index (χ4v) is 2.99. The van der Waals surface area contributed by atoms with E-state index in [1.165, 1.54) is 11.8 Å². The van der Waals surface area contributed by atoms with Crippen molar-refractivity contribution in [2.75, 3.05) is 0 Å². The van der Waals surface area contributed by atoms with Crippen molar-refractivity contribution < 1.29 is 4.42 Å². The van der Waals surface area contributed by atoms with E-state index in [1.807, 2.05) is 44.4 Å². The van der Waals surface area contributed by atoms with E-state index < -0.39 is 0 Å². The number of thioether (sulfide) groups is 1. The molecule has 0 aliphatic heterocycles. The second-order valence-corrected chi connectivity index (χ2v) is 5.89. The average molecular weight is 321 g/mol. The number of hydrogen-bond acceptors (Lipinski definition) is 5. The molecule has 7 heteroatoms. The lowest BCUT2D eigenvalue weighted by atomic mass is 10.2. The maximum absolute atomic E-state index is 6.12. The van der Waals surface area contributed by atoms with Crippen molar-refractivity contribution in [3.05, 3.63) is 46.7 Å². The van der Waals surface area contributed by atoms with Gasteiger partial charge in [0.2, 0.25) is 0 Å². The van der Waals surface area contributed by atoms with E-state index in [4.69, 9.17) is 16.0 Å². The summed E-state index contributed by atoms with van der Waals surface area (Å²) in [5.41, 5.74) is 2.76. The van der Waals surface area contributed by atoms with Crippen LogP contribution in [-0.4, -0.2) is 20.0 Å². The molecule has 0 spiro atoms. The Bertz CT molecular complexity index is 768. The second-order valence-electron chi connectivity index (χ2n) is 4.56. The van der Waals surface area contributed by atoms with Crippen LogP contribution >= 0.6 is 23.4 Å². The second kappa shape index (κ2) is 5.91. The number of benzene rings is 1. The van der Waals surface area contributed by atoms with Crippen LogP contribution in [0.3, 0.4) is 0 Å². The van der Waals surface area contributed by atoms with Gasteiger partial charge in [0, 0.05) is 24.0 Å². The quantitative estimate of drug-likeness (QED) is 0.686. The molecule has 3 rings (SSSR count). The summed E-state index contributed by atoms with van der Waals surface area (Å²) in [5.74, 6) is 1.18. The molecule has 1 aromatic carbocycles. The Labute approximate surface area is 131 Å². The van der Waals surface area contributed by atoms with Crippen molar-refractivity contribution in [2.24, 2.45) is 7.05 Å². The zero-order chi connectivity index (χ0) is 14.8. The van der Waals surface area contributed by atoms with Crippen LogP contribution in [0.5, 0.6) is 0 Å². The molecule has 108 valence electrons. The summed E-state index contributed by atoms with van der Waals surface area (Å²) >= 11 is 7.59. The van der Waals surface area contributed by atoms with Crippen LogP contribution in [0.2, 0.25) is 5.02 Å². The van der Waals surface area contributed by atoms with Gasteiger partial charge < -0.3 is 4.42 Å². The highest BCUT2D eigenvalue weighted by atomic mass is 35.5. The van der Waals surface area contributed by atoms with Gasteiger partial charge in [-0.1, -0.05) is 41.6 Å². The Hall–Kier alpha value is -1.79. The first-order valence-electron chi connectivity index (χ1n) is 6.34. The van der Waals surface area contributed by atoms with Gasteiger partial charge in [-0.2, -0.15) is 5.10 Å². The van der Waals surface area contributed by atoms with Crippen LogP contribution in [0.25, 0.3) is 11.5 Å². The SMILES string of the molecule is Cc1nn(C)cc1-c1nnc(SCc2ccccc2Cl)o1. The van der Waals surface area contributed by atoms with Gasteiger partial charge in [-0.15, -0.1) is 10.2 Å². The van der Waals surface area contributed by atoms with Crippen LogP contribution in [0, 0.1) is 6.92 Å². The smallest absolute Gasteiger partial charge is 0.277 e. The highest BCUT2D eigenvalue weighted by Gasteiger charge is 2.14. The number of aryl methyl sites for hydroxylation is 2. The molecular formula is C14H13ClN4OS. The predicted molar refractivity (Wildman–Crippen MR) is 82.3 cm³/mol. The predicted octanol–water partition coefficient (Wildman–Crippen LogP) is 3.72. The molecule has 0 saturated heterocycles. The Morgan fingerprint density at radius 1 is 1.29 bits per heavy atom. The van der Waals surface area contributed by atoms with Crippen molar-refractivity contribution >= 4 is 23.4 Å². The van der Waals surface area contributed by atoms with Gasteiger partial charge in [0.05, 0.1) is 11.3 Å². The molecule has 0 atom stereocenters. The minimum Gasteiger partial charge on any atom is -0.411 e. The third kappa shape index (κ3) is 3.11. The van der Waals surface area contributed by atoms with E-state index in [-0.39, 0.29) is 0 Å². The van der Waals surface area contributed by atoms with E-state index in [0.717, 1.165) is 21.8 Å². The lowest BCUT2D eigenvalue weighted by molar-refractivity contribution is 0.465. The fourth-order valence-electron chi connectivity index (χ4n) is 1.94. The van der Waals surface area contributed by atoms with Crippen molar-refractivity contribution in [1.29, 1.82) is 0 Å². The fraction of sp³-hybridized carbons (Fsp3) is 0.214. The normalized spacial score (nSPS) is 11.0. The van der Waals surface area contributed by atoms with Crippen molar-refractivity contribution in [3.63, 3.8) is 0 Å². The molecule has 21 heavy (non-hydrogen) atoms. The van der Waals surface area contributed by atoms with Gasteiger partial charge in [0.25, 0.3) is 11.1 Å². The Balaban J connectivity index is 1.74. The lowest BCUT2D eigenvalue weighted by Crippen LogP contribution is -1.86. The van der Waals surface area contributed by atoms with Gasteiger partial charge in [0.15, 0.2) is 0 Å². The standard InChI is InChI=1S/C14H13ClN4OS/c1-9-11(7-19(2)18-9)13-16-17-14(20-13)21-8-10-5-3-4-6-12(10)15/h3-7H,8H2,1-2H3. The minimum atomic E-state index is 0.488. The van der Waals surface area contributed by atoms with E-state index >= 15 is 0 Å². The van der Waals surface area contributed by atoms with Crippen LogP contribution in [0.4, 0.5) is 0 Å². The molecular weight excluding hydrogens is 308 g/mol. The molecule has 2 heterocycles. The number of hydrogen-bond donors (Lipinski definition) is 0. The summed E-state index contributed by atoms with van der Waals surface area (Å²) in [6.07, 6.45) is 1.87. The molecule has 0 bridgehead atoms. The monoisotopic (exact) mass is 320 g/mol. The number of rotatable bonds is 4. The van der Waals surface area contributed by atoms with Crippen LogP contribution < -0.4 is 0 Å². The molecule has 0 radical (unpaired) electrons. The Kier molecular flexibility index (Phi) is 3.98. The molecule has 0 N–H and O–H groups in total. The molecule has 0 aliphatic rings. The number of halogens is 1. The average Bonchev–Trinajstić information content (AvgIpc) is 3.04. The van der Waals surface area contributed by atoms with Gasteiger partial charge in [-0.25, -0.2) is 0 Å². The largest absolute Gasteiger partial charge is 0.411 e. The summed E-state index contributed by atoms with van der Waals surface area (Å²) in [4.78, 5) is 0. The Morgan fingerprint density at radius 2 is 2.10 bits per heavy atom. The van der Waals surface area contributed by atoms with E-state index in [2.05, 4.69) is 15.3 Å². The summed E-state index contributed by atoms with van der Waals surface area (Å²) in [5, 5.41) is 13.7. The zero-order valence-corrected chi connectivity index (χ0v) is 13.1. The summed E-state index contributed by atoms with van der Waals surface area (Å²) < 4.78 is 7.40. The third-order valence-electron chi connectivity index (χ3n) is 2.96. The zero-order valence-electron chi connectivity index (χ0n) is 11.6. The van der Waals surface area contributed by atoms with E-state index in [9.17, 15) is 0 Å². The first-order chi connectivity index (χ1) is 10.1. The number of aromatic nitrogens is 4. The highest BCUT2D eigenvalue weighted by molar-refractivity contribution is 7.98. The van der Waals surface area contributed by atoms with E-state index in [1.54, 1.807) is 4.68 Å². The Morgan fingerprint density at radius 3 is 2.81 bits per heavy atom. The summed E-state index contributed by atoms with van der Waals surface area (Å²) in [6, 6.07) is 7.72. The number of nitrogens with zero attached hydrogens (tertiary/aromatic N) is 4. The van der Waals surface area contributed by atoms with Gasteiger partial charge in [-0.3, -0.25) is 4.68 Å². The summed E-state index contributed by atoms with van der Waals surface area (Å²) in [7, 11) is 1.86. The molecule has 5 nitrogen and oxygen atoms in total. The van der Waals surface area contributed by atoms with Crippen LogP contribution in [0.15, 0.2) is 40.1 Å². The molecule has 0 amide bonds. The maximum Gasteiger partial charge on any atom is 0.277 e. The molecule has 0 unspecified atom stereocenters. The first-order valence-corrected chi connectivity index (χ1v) is 7.70. The summed E-state index contributed by atoms with van der Waals surface area (Å²) in [6.45, 7) is 1.91. The van der Waals surface area contributed by atoms with Crippen LogP contribution in [0.1, 0.15) is 11.3 Å². The van der Waals surface area contributed by atoms with E-state index in [0.29, 0.717) is 16.9 Å². The molecule has 0 fully saturated rings. The van der Waals surface area contributed by atoms with Gasteiger partial charge >= 0.3 is 0 Å². The third-order valence-corrected chi connectivity index (χ3v) is 4.20.